The van der Waals surface area contributed by atoms with E-state index in [9.17, 15) is 0 Å². The highest BCUT2D eigenvalue weighted by Gasteiger charge is 2.52. The van der Waals surface area contributed by atoms with Crippen molar-refractivity contribution >= 4 is 12.6 Å². The molecule has 0 radical (unpaired) electrons. The molecule has 0 aromatic heterocycles. The number of ether oxygens (including phenoxy) is 1. The standard InChI is InChI=1S/C16H23BO3/c1-11-10-13(18-12-6-7-12)8-9-14(11)17-19-15(2,3)16(4,5)20-17/h8-10,12H,6-7H2,1-5H3. The van der Waals surface area contributed by atoms with E-state index in [0.717, 1.165) is 16.8 Å². The summed E-state index contributed by atoms with van der Waals surface area (Å²) in [6, 6.07) is 6.17. The average Bonchev–Trinajstić information content (AvgIpc) is 3.07. The molecule has 1 heterocycles. The van der Waals surface area contributed by atoms with Crippen LogP contribution >= 0.6 is 0 Å². The lowest BCUT2D eigenvalue weighted by Crippen LogP contribution is -2.41. The quantitative estimate of drug-likeness (QED) is 0.793. The Morgan fingerprint density at radius 1 is 1.10 bits per heavy atom. The third-order valence-electron chi connectivity index (χ3n) is 4.58. The highest BCUT2D eigenvalue weighted by Crippen LogP contribution is 2.37. The molecule has 1 aromatic rings. The summed E-state index contributed by atoms with van der Waals surface area (Å²) in [4.78, 5) is 0. The summed E-state index contributed by atoms with van der Waals surface area (Å²) in [6.45, 7) is 10.4. The molecule has 3 nitrogen and oxygen atoms in total. The van der Waals surface area contributed by atoms with Gasteiger partial charge in [-0.2, -0.15) is 0 Å². The van der Waals surface area contributed by atoms with Gasteiger partial charge in [-0.05, 0) is 70.6 Å². The first-order chi connectivity index (χ1) is 9.28. The van der Waals surface area contributed by atoms with E-state index < -0.39 is 0 Å². The van der Waals surface area contributed by atoms with Crippen molar-refractivity contribution in [2.24, 2.45) is 0 Å². The molecule has 108 valence electrons. The minimum absolute atomic E-state index is 0.296. The van der Waals surface area contributed by atoms with Crippen molar-refractivity contribution in [2.45, 2.75) is 64.8 Å². The van der Waals surface area contributed by atoms with Gasteiger partial charge in [-0.1, -0.05) is 6.07 Å². The lowest BCUT2D eigenvalue weighted by molar-refractivity contribution is 0.00578. The molecule has 1 saturated heterocycles. The van der Waals surface area contributed by atoms with Crippen LogP contribution < -0.4 is 10.2 Å². The minimum atomic E-state index is -0.298. The van der Waals surface area contributed by atoms with Gasteiger partial charge in [-0.25, -0.2) is 0 Å². The summed E-state index contributed by atoms with van der Waals surface area (Å²) in [6.07, 6.45) is 2.79. The van der Waals surface area contributed by atoms with Gasteiger partial charge in [-0.3, -0.25) is 0 Å². The van der Waals surface area contributed by atoms with Crippen LogP contribution in [0.3, 0.4) is 0 Å². The van der Waals surface area contributed by atoms with Crippen LogP contribution in [0.1, 0.15) is 46.1 Å². The molecule has 4 heteroatoms. The van der Waals surface area contributed by atoms with Gasteiger partial charge in [0.05, 0.1) is 17.3 Å². The van der Waals surface area contributed by atoms with Crippen LogP contribution in [0.25, 0.3) is 0 Å². The number of hydrogen-bond acceptors (Lipinski definition) is 3. The minimum Gasteiger partial charge on any atom is -0.490 e. The Hall–Kier alpha value is -0.995. The Bertz CT molecular complexity index is 504. The predicted molar refractivity (Wildman–Crippen MR) is 80.5 cm³/mol. The molecule has 2 aliphatic rings. The summed E-state index contributed by atoms with van der Waals surface area (Å²) in [5.41, 5.74) is 1.65. The highest BCUT2D eigenvalue weighted by molar-refractivity contribution is 6.62. The molecule has 0 unspecified atom stereocenters. The molecule has 3 rings (SSSR count). The maximum atomic E-state index is 6.10. The van der Waals surface area contributed by atoms with Crippen LogP contribution in [0.2, 0.25) is 0 Å². The van der Waals surface area contributed by atoms with E-state index in [-0.39, 0.29) is 18.3 Å². The molecule has 20 heavy (non-hydrogen) atoms. The molecular weight excluding hydrogens is 251 g/mol. The highest BCUT2D eigenvalue weighted by atomic mass is 16.7. The Labute approximate surface area is 121 Å². The smallest absolute Gasteiger partial charge is 0.490 e. The second-order valence-electron chi connectivity index (χ2n) is 6.92. The van der Waals surface area contributed by atoms with Crippen molar-refractivity contribution in [1.82, 2.24) is 0 Å². The van der Waals surface area contributed by atoms with Crippen molar-refractivity contribution < 1.29 is 14.0 Å². The molecule has 1 aliphatic carbocycles. The fourth-order valence-electron chi connectivity index (χ4n) is 2.33. The van der Waals surface area contributed by atoms with Gasteiger partial charge >= 0.3 is 7.12 Å². The molecule has 0 spiro atoms. The van der Waals surface area contributed by atoms with Crippen LogP contribution in [0.5, 0.6) is 5.75 Å². The van der Waals surface area contributed by atoms with Gasteiger partial charge in [0.25, 0.3) is 0 Å². The van der Waals surface area contributed by atoms with E-state index in [1.807, 2.05) is 6.07 Å². The lowest BCUT2D eigenvalue weighted by Gasteiger charge is -2.32. The summed E-state index contributed by atoms with van der Waals surface area (Å²) < 4.78 is 18.0. The topological polar surface area (TPSA) is 27.7 Å². The average molecular weight is 274 g/mol. The third-order valence-corrected chi connectivity index (χ3v) is 4.58. The van der Waals surface area contributed by atoms with E-state index in [1.54, 1.807) is 0 Å². The van der Waals surface area contributed by atoms with Gasteiger partial charge < -0.3 is 14.0 Å². The fraction of sp³-hybridized carbons (Fsp3) is 0.625. The second-order valence-corrected chi connectivity index (χ2v) is 6.92. The maximum Gasteiger partial charge on any atom is 0.495 e. The van der Waals surface area contributed by atoms with Crippen molar-refractivity contribution in [1.29, 1.82) is 0 Å². The van der Waals surface area contributed by atoms with Crippen molar-refractivity contribution in [3.05, 3.63) is 23.8 Å². The second kappa shape index (κ2) is 4.50. The normalized spacial score (nSPS) is 23.9. The Morgan fingerprint density at radius 3 is 2.20 bits per heavy atom. The van der Waals surface area contributed by atoms with Crippen LogP contribution in [-0.2, 0) is 9.31 Å². The Balaban J connectivity index is 1.80. The van der Waals surface area contributed by atoms with Gasteiger partial charge in [0, 0.05) is 0 Å². The first-order valence-electron chi connectivity index (χ1n) is 7.41. The largest absolute Gasteiger partial charge is 0.495 e. The van der Waals surface area contributed by atoms with E-state index >= 15 is 0 Å². The maximum absolute atomic E-state index is 6.10. The monoisotopic (exact) mass is 274 g/mol. The van der Waals surface area contributed by atoms with Gasteiger partial charge in [0.2, 0.25) is 0 Å². The molecule has 2 fully saturated rings. The number of rotatable bonds is 3. The van der Waals surface area contributed by atoms with Crippen molar-refractivity contribution in [2.75, 3.05) is 0 Å². The van der Waals surface area contributed by atoms with Crippen LogP contribution in [-0.4, -0.2) is 24.4 Å². The molecule has 0 bridgehead atoms. The van der Waals surface area contributed by atoms with Crippen molar-refractivity contribution in [3.63, 3.8) is 0 Å². The predicted octanol–water partition coefficient (Wildman–Crippen LogP) is 2.84. The van der Waals surface area contributed by atoms with Crippen LogP contribution in [0.15, 0.2) is 18.2 Å². The zero-order valence-electron chi connectivity index (χ0n) is 13.0. The number of hydrogen-bond donors (Lipinski definition) is 0. The number of benzene rings is 1. The summed E-state index contributed by atoms with van der Waals surface area (Å²) >= 11 is 0. The number of aryl methyl sites for hydroxylation is 1. The van der Waals surface area contributed by atoms with Crippen molar-refractivity contribution in [3.8, 4) is 5.75 Å². The first kappa shape index (κ1) is 14.0. The molecule has 0 atom stereocenters. The summed E-state index contributed by atoms with van der Waals surface area (Å²) in [5, 5.41) is 0. The first-order valence-corrected chi connectivity index (χ1v) is 7.41. The summed E-state index contributed by atoms with van der Waals surface area (Å²) in [5.74, 6) is 0.949. The van der Waals surface area contributed by atoms with Crippen LogP contribution in [0, 0.1) is 6.92 Å². The molecule has 1 aliphatic heterocycles. The molecule has 0 N–H and O–H groups in total. The van der Waals surface area contributed by atoms with Gasteiger partial charge in [0.15, 0.2) is 0 Å². The van der Waals surface area contributed by atoms with E-state index in [0.29, 0.717) is 6.10 Å². The zero-order valence-corrected chi connectivity index (χ0v) is 13.0. The van der Waals surface area contributed by atoms with Crippen LogP contribution in [0.4, 0.5) is 0 Å². The lowest BCUT2D eigenvalue weighted by atomic mass is 9.76. The fourth-order valence-corrected chi connectivity index (χ4v) is 2.33. The van der Waals surface area contributed by atoms with E-state index in [1.165, 1.54) is 12.8 Å². The Kier molecular flexibility index (Phi) is 3.14. The van der Waals surface area contributed by atoms with Gasteiger partial charge in [0.1, 0.15) is 5.75 Å². The van der Waals surface area contributed by atoms with E-state index in [4.69, 9.17) is 14.0 Å². The Morgan fingerprint density at radius 2 is 1.70 bits per heavy atom. The summed E-state index contributed by atoms with van der Waals surface area (Å²) in [7, 11) is -0.296. The third kappa shape index (κ3) is 2.47. The molecular formula is C16H23BO3. The van der Waals surface area contributed by atoms with E-state index in [2.05, 4.69) is 46.8 Å². The molecule has 1 saturated carbocycles. The zero-order chi connectivity index (χ0) is 14.5. The SMILES string of the molecule is Cc1cc(OC2CC2)ccc1B1OC(C)(C)C(C)(C)O1. The molecule has 0 amide bonds. The molecule has 1 aromatic carbocycles. The van der Waals surface area contributed by atoms with Gasteiger partial charge in [-0.15, -0.1) is 0 Å².